The van der Waals surface area contributed by atoms with Crippen LogP contribution in [0.25, 0.3) is 0 Å². The van der Waals surface area contributed by atoms with Gasteiger partial charge in [0, 0.05) is 6.54 Å². The molecule has 3 heteroatoms. The molecule has 1 aliphatic rings. The van der Waals surface area contributed by atoms with Crippen LogP contribution in [0.1, 0.15) is 49.6 Å². The zero-order chi connectivity index (χ0) is 17.4. The van der Waals surface area contributed by atoms with Crippen molar-refractivity contribution in [3.63, 3.8) is 0 Å². The van der Waals surface area contributed by atoms with Gasteiger partial charge in [0.2, 0.25) is 0 Å². The molecule has 0 spiro atoms. The maximum Gasteiger partial charge on any atom is 0.193 e. The minimum Gasteiger partial charge on any atom is -0.408 e. The second-order valence-corrected chi connectivity index (χ2v) is 13.0. The molecule has 0 unspecified atom stereocenters. The van der Waals surface area contributed by atoms with Crippen molar-refractivity contribution < 1.29 is 4.43 Å². The van der Waals surface area contributed by atoms with E-state index in [1.54, 1.807) is 0 Å². The Morgan fingerprint density at radius 2 is 1.62 bits per heavy atom. The lowest BCUT2D eigenvalue weighted by molar-refractivity contribution is 0.141. The minimum absolute atomic E-state index is 0.0516. The first-order valence-electron chi connectivity index (χ1n) is 8.83. The number of hydrogen-bond acceptors (Lipinski definition) is 2. The summed E-state index contributed by atoms with van der Waals surface area (Å²) in [6, 6.07) is 19.6. The Morgan fingerprint density at radius 3 is 2.29 bits per heavy atom. The van der Waals surface area contributed by atoms with Crippen LogP contribution >= 0.6 is 0 Å². The highest BCUT2D eigenvalue weighted by Crippen LogP contribution is 2.44. The molecule has 0 aliphatic carbocycles. The summed E-state index contributed by atoms with van der Waals surface area (Å²) in [5.41, 5.74) is 4.03. The molecule has 24 heavy (non-hydrogen) atoms. The second-order valence-electron chi connectivity index (χ2n) is 8.27. The van der Waals surface area contributed by atoms with Gasteiger partial charge in [-0.3, -0.25) is 0 Å². The van der Waals surface area contributed by atoms with Gasteiger partial charge in [-0.05, 0) is 34.8 Å². The van der Waals surface area contributed by atoms with Crippen molar-refractivity contribution in [2.45, 2.75) is 57.6 Å². The third-order valence-electron chi connectivity index (χ3n) is 5.56. The highest BCUT2D eigenvalue weighted by atomic mass is 28.4. The quantitative estimate of drug-likeness (QED) is 0.733. The summed E-state index contributed by atoms with van der Waals surface area (Å²) in [6.45, 7) is 12.5. The summed E-state index contributed by atoms with van der Waals surface area (Å²) in [5, 5.41) is 3.88. The van der Waals surface area contributed by atoms with Crippen LogP contribution in [0.5, 0.6) is 0 Å². The van der Waals surface area contributed by atoms with Gasteiger partial charge in [0.1, 0.15) is 0 Å². The predicted octanol–water partition coefficient (Wildman–Crippen LogP) is 5.59. The lowest BCUT2D eigenvalue weighted by Gasteiger charge is -2.41. The molecule has 1 aliphatic heterocycles. The highest BCUT2D eigenvalue weighted by Gasteiger charge is 2.42. The van der Waals surface area contributed by atoms with Gasteiger partial charge in [-0.1, -0.05) is 75.4 Å². The summed E-state index contributed by atoms with van der Waals surface area (Å²) >= 11 is 0. The van der Waals surface area contributed by atoms with E-state index in [2.05, 4.69) is 93.8 Å². The molecule has 0 amide bonds. The van der Waals surface area contributed by atoms with Crippen LogP contribution in [-0.4, -0.2) is 8.32 Å². The molecule has 2 aromatic rings. The van der Waals surface area contributed by atoms with Crippen LogP contribution in [0, 0.1) is 0 Å². The smallest absolute Gasteiger partial charge is 0.193 e. The fraction of sp³-hybridized carbons (Fsp3) is 0.429. The average Bonchev–Trinajstić information content (AvgIpc) is 2.96. The number of fused-ring (bicyclic) bond motifs is 1. The zero-order valence-electron chi connectivity index (χ0n) is 15.5. The summed E-state index contributed by atoms with van der Waals surface area (Å²) in [6.07, 6.45) is 0.0516. The van der Waals surface area contributed by atoms with Gasteiger partial charge in [-0.15, -0.1) is 0 Å². The summed E-state index contributed by atoms with van der Waals surface area (Å²) < 4.78 is 6.91. The number of nitrogens with one attached hydrogen (secondary N) is 1. The van der Waals surface area contributed by atoms with Crippen molar-refractivity contribution in [3.05, 3.63) is 71.3 Å². The molecule has 0 fully saturated rings. The predicted molar refractivity (Wildman–Crippen MR) is 103 cm³/mol. The van der Waals surface area contributed by atoms with Gasteiger partial charge in [-0.25, -0.2) is 0 Å². The maximum absolute atomic E-state index is 6.91. The van der Waals surface area contributed by atoms with Gasteiger partial charge < -0.3 is 9.74 Å². The van der Waals surface area contributed by atoms with Gasteiger partial charge >= 0.3 is 0 Å². The number of benzene rings is 2. The van der Waals surface area contributed by atoms with E-state index in [-0.39, 0.29) is 17.2 Å². The van der Waals surface area contributed by atoms with Crippen LogP contribution in [0.3, 0.4) is 0 Å². The molecular formula is C21H29NOSi. The van der Waals surface area contributed by atoms with Crippen molar-refractivity contribution >= 4 is 8.32 Å². The Morgan fingerprint density at radius 1 is 1.00 bits per heavy atom. The third kappa shape index (κ3) is 3.34. The molecule has 3 rings (SSSR count). The summed E-state index contributed by atoms with van der Waals surface area (Å²) in [4.78, 5) is 0. The first-order chi connectivity index (χ1) is 11.3. The first-order valence-corrected chi connectivity index (χ1v) is 11.7. The molecule has 2 atom stereocenters. The Balaban J connectivity index is 1.99. The lowest BCUT2D eigenvalue weighted by atomic mass is 9.96. The van der Waals surface area contributed by atoms with E-state index in [4.69, 9.17) is 4.43 Å². The monoisotopic (exact) mass is 339 g/mol. The molecule has 0 aromatic heterocycles. The lowest BCUT2D eigenvalue weighted by Crippen LogP contribution is -2.43. The van der Waals surface area contributed by atoms with Crippen molar-refractivity contribution in [1.82, 2.24) is 5.32 Å². The third-order valence-corrected chi connectivity index (χ3v) is 10.0. The second kappa shape index (κ2) is 6.47. The molecule has 1 heterocycles. The SMILES string of the molecule is CC(C)(C)[Si](C)(C)O[C@H](c1ccccc1)[C@H]1NCc2ccccc21. The van der Waals surface area contributed by atoms with Crippen molar-refractivity contribution in [3.8, 4) is 0 Å². The Kier molecular flexibility index (Phi) is 4.69. The van der Waals surface area contributed by atoms with Crippen LogP contribution in [0.15, 0.2) is 54.6 Å². The van der Waals surface area contributed by atoms with Gasteiger partial charge in [0.05, 0.1) is 12.1 Å². The van der Waals surface area contributed by atoms with E-state index >= 15 is 0 Å². The van der Waals surface area contributed by atoms with Gasteiger partial charge in [-0.2, -0.15) is 0 Å². The molecule has 0 saturated carbocycles. The van der Waals surface area contributed by atoms with Gasteiger partial charge in [0.25, 0.3) is 0 Å². The average molecular weight is 340 g/mol. The van der Waals surface area contributed by atoms with E-state index in [0.29, 0.717) is 0 Å². The van der Waals surface area contributed by atoms with Crippen molar-refractivity contribution in [1.29, 1.82) is 0 Å². The number of hydrogen-bond donors (Lipinski definition) is 1. The van der Waals surface area contributed by atoms with Crippen LogP contribution < -0.4 is 5.32 Å². The van der Waals surface area contributed by atoms with Crippen LogP contribution in [0.2, 0.25) is 18.1 Å². The summed E-state index contributed by atoms with van der Waals surface area (Å²) in [7, 11) is -1.88. The van der Waals surface area contributed by atoms with E-state index in [1.807, 2.05) is 0 Å². The first kappa shape index (κ1) is 17.4. The van der Waals surface area contributed by atoms with Crippen LogP contribution in [-0.2, 0) is 11.0 Å². The summed E-state index contributed by atoms with van der Waals surface area (Å²) in [5.74, 6) is 0. The fourth-order valence-corrected chi connectivity index (χ4v) is 4.32. The topological polar surface area (TPSA) is 21.3 Å². The van der Waals surface area contributed by atoms with Crippen molar-refractivity contribution in [2.24, 2.45) is 0 Å². The molecule has 0 bridgehead atoms. The van der Waals surface area contributed by atoms with E-state index < -0.39 is 8.32 Å². The molecule has 0 radical (unpaired) electrons. The minimum atomic E-state index is -1.88. The largest absolute Gasteiger partial charge is 0.408 e. The highest BCUT2D eigenvalue weighted by molar-refractivity contribution is 6.74. The van der Waals surface area contributed by atoms with E-state index in [0.717, 1.165) is 6.54 Å². The molecule has 2 nitrogen and oxygen atoms in total. The Hall–Kier alpha value is -1.42. The molecule has 128 valence electrons. The Bertz CT molecular complexity index is 690. The van der Waals surface area contributed by atoms with Gasteiger partial charge in [0.15, 0.2) is 8.32 Å². The molecule has 0 saturated heterocycles. The maximum atomic E-state index is 6.91. The van der Waals surface area contributed by atoms with E-state index in [1.165, 1.54) is 16.7 Å². The molecule has 1 N–H and O–H groups in total. The number of rotatable bonds is 4. The Labute approximate surface area is 147 Å². The normalized spacial score (nSPS) is 19.1. The van der Waals surface area contributed by atoms with Crippen molar-refractivity contribution in [2.75, 3.05) is 0 Å². The molecular weight excluding hydrogens is 310 g/mol. The molecule has 2 aromatic carbocycles. The zero-order valence-corrected chi connectivity index (χ0v) is 16.5. The fourth-order valence-electron chi connectivity index (χ4n) is 3.06. The standard InChI is InChI=1S/C21H29NOSi/c1-21(2,3)24(4,5)23-20(16-11-7-6-8-12-16)19-18-14-10-9-13-17(18)15-22-19/h6-14,19-20,22H,15H2,1-5H3/t19-,20+/m0/s1. The van der Waals surface area contributed by atoms with Crippen LogP contribution in [0.4, 0.5) is 0 Å². The van der Waals surface area contributed by atoms with E-state index in [9.17, 15) is 0 Å².